The summed E-state index contributed by atoms with van der Waals surface area (Å²) in [5.41, 5.74) is 4.01. The molecule has 0 saturated carbocycles. The van der Waals surface area contributed by atoms with Crippen LogP contribution >= 0.6 is 0 Å². The van der Waals surface area contributed by atoms with Crippen molar-refractivity contribution < 1.29 is 13.2 Å². The summed E-state index contributed by atoms with van der Waals surface area (Å²) in [4.78, 5) is 16.7. The minimum Gasteiger partial charge on any atom is -0.378 e. The van der Waals surface area contributed by atoms with Crippen molar-refractivity contribution in [1.82, 2.24) is 4.90 Å². The lowest BCUT2D eigenvalue weighted by Crippen LogP contribution is -2.28. The summed E-state index contributed by atoms with van der Waals surface area (Å²) in [6, 6.07) is 21.4. The summed E-state index contributed by atoms with van der Waals surface area (Å²) in [5.74, 6) is -0.239. The highest BCUT2D eigenvalue weighted by molar-refractivity contribution is 7.92. The number of aryl methyl sites for hydroxylation is 1. The summed E-state index contributed by atoms with van der Waals surface area (Å²) in [7, 11) is 3.37. The SMILES string of the molecule is Cc1ccc(N(C)S(=O)(=O)c2cccc(C(=O)N(C)Cc3ccc(N(C)C)cc3)c2)cc1. The normalized spacial score (nSPS) is 11.2. The Morgan fingerprint density at radius 3 is 2.00 bits per heavy atom. The van der Waals surface area contributed by atoms with Gasteiger partial charge in [0.2, 0.25) is 0 Å². The fourth-order valence-electron chi connectivity index (χ4n) is 3.31. The molecule has 3 rings (SSSR count). The molecule has 0 N–H and O–H groups in total. The van der Waals surface area contributed by atoms with Crippen LogP contribution in [-0.4, -0.2) is 47.4 Å². The van der Waals surface area contributed by atoms with Gasteiger partial charge in [-0.3, -0.25) is 9.10 Å². The first kappa shape index (κ1) is 23.3. The predicted octanol–water partition coefficient (Wildman–Crippen LogP) is 4.16. The monoisotopic (exact) mass is 451 g/mol. The number of nitrogens with zero attached hydrogens (tertiary/aromatic N) is 3. The predicted molar refractivity (Wildman–Crippen MR) is 130 cm³/mol. The summed E-state index contributed by atoms with van der Waals surface area (Å²) >= 11 is 0. The van der Waals surface area contributed by atoms with E-state index in [0.29, 0.717) is 17.8 Å². The molecule has 0 saturated heterocycles. The molecule has 0 bridgehead atoms. The van der Waals surface area contributed by atoms with Crippen LogP contribution < -0.4 is 9.21 Å². The first-order chi connectivity index (χ1) is 15.1. The number of carbonyl (C=O) groups excluding carboxylic acids is 1. The van der Waals surface area contributed by atoms with Gasteiger partial charge in [-0.25, -0.2) is 8.42 Å². The maximum atomic E-state index is 13.1. The lowest BCUT2D eigenvalue weighted by Gasteiger charge is -2.21. The van der Waals surface area contributed by atoms with Gasteiger partial charge in [0.15, 0.2) is 0 Å². The topological polar surface area (TPSA) is 60.9 Å². The Morgan fingerprint density at radius 1 is 0.812 bits per heavy atom. The number of hydrogen-bond acceptors (Lipinski definition) is 4. The maximum absolute atomic E-state index is 13.1. The molecule has 0 radical (unpaired) electrons. The third-order valence-electron chi connectivity index (χ3n) is 5.36. The molecule has 0 fully saturated rings. The number of benzene rings is 3. The number of hydrogen-bond donors (Lipinski definition) is 0. The van der Waals surface area contributed by atoms with Gasteiger partial charge >= 0.3 is 0 Å². The Morgan fingerprint density at radius 2 is 1.41 bits per heavy atom. The van der Waals surface area contributed by atoms with Crippen molar-refractivity contribution in [2.45, 2.75) is 18.4 Å². The van der Waals surface area contributed by atoms with Crippen molar-refractivity contribution in [3.8, 4) is 0 Å². The van der Waals surface area contributed by atoms with Crippen molar-refractivity contribution in [1.29, 1.82) is 0 Å². The molecule has 0 aliphatic heterocycles. The van der Waals surface area contributed by atoms with Gasteiger partial charge in [0.25, 0.3) is 15.9 Å². The van der Waals surface area contributed by atoms with Crippen LogP contribution in [0.4, 0.5) is 11.4 Å². The largest absolute Gasteiger partial charge is 0.378 e. The highest BCUT2D eigenvalue weighted by atomic mass is 32.2. The van der Waals surface area contributed by atoms with E-state index >= 15 is 0 Å². The Labute approximate surface area is 190 Å². The molecule has 7 heteroatoms. The van der Waals surface area contributed by atoms with Crippen molar-refractivity contribution in [2.24, 2.45) is 0 Å². The fourth-order valence-corrected chi connectivity index (χ4v) is 4.55. The molecule has 0 spiro atoms. The number of carbonyl (C=O) groups is 1. The lowest BCUT2D eigenvalue weighted by atomic mass is 10.1. The molecule has 6 nitrogen and oxygen atoms in total. The molecular weight excluding hydrogens is 422 g/mol. The second-order valence-electron chi connectivity index (χ2n) is 8.06. The third-order valence-corrected chi connectivity index (χ3v) is 7.14. The molecule has 3 aromatic carbocycles. The zero-order chi connectivity index (χ0) is 23.5. The van der Waals surface area contributed by atoms with Gasteiger partial charge in [0.05, 0.1) is 10.6 Å². The van der Waals surface area contributed by atoms with Gasteiger partial charge in [-0.15, -0.1) is 0 Å². The highest BCUT2D eigenvalue weighted by Crippen LogP contribution is 2.23. The molecule has 0 heterocycles. The number of rotatable bonds is 7. The molecule has 0 aliphatic rings. The summed E-state index contributed by atoms with van der Waals surface area (Å²) in [6.45, 7) is 2.37. The first-order valence-corrected chi connectivity index (χ1v) is 11.7. The van der Waals surface area contributed by atoms with Gasteiger partial charge < -0.3 is 9.80 Å². The quantitative estimate of drug-likeness (QED) is 0.541. The fraction of sp³-hybridized carbons (Fsp3) is 0.240. The van der Waals surface area contributed by atoms with Crippen LogP contribution in [0.3, 0.4) is 0 Å². The van der Waals surface area contributed by atoms with Crippen LogP contribution in [0.2, 0.25) is 0 Å². The molecule has 168 valence electrons. The summed E-state index contributed by atoms with van der Waals surface area (Å²) < 4.78 is 27.5. The second-order valence-corrected chi connectivity index (χ2v) is 10.0. The van der Waals surface area contributed by atoms with E-state index in [-0.39, 0.29) is 10.8 Å². The van der Waals surface area contributed by atoms with Crippen LogP contribution in [0.25, 0.3) is 0 Å². The third kappa shape index (κ3) is 5.11. The summed E-state index contributed by atoms with van der Waals surface area (Å²) in [5, 5.41) is 0. The van der Waals surface area contributed by atoms with Crippen LogP contribution in [0.5, 0.6) is 0 Å². The lowest BCUT2D eigenvalue weighted by molar-refractivity contribution is 0.0785. The minimum absolute atomic E-state index is 0.0789. The maximum Gasteiger partial charge on any atom is 0.264 e. The standard InChI is InChI=1S/C25H29N3O3S/c1-19-9-13-23(14-10-19)28(5)32(30,31)24-8-6-7-21(17-24)25(29)27(4)18-20-11-15-22(16-12-20)26(2)3/h6-17H,18H2,1-5H3. The molecule has 0 aliphatic carbocycles. The van der Waals surface area contributed by atoms with Crippen LogP contribution in [-0.2, 0) is 16.6 Å². The van der Waals surface area contributed by atoms with E-state index in [9.17, 15) is 13.2 Å². The average Bonchev–Trinajstić information content (AvgIpc) is 2.79. The van der Waals surface area contributed by atoms with Crippen molar-refractivity contribution >= 4 is 27.3 Å². The minimum atomic E-state index is -3.80. The van der Waals surface area contributed by atoms with Gasteiger partial charge in [-0.2, -0.15) is 0 Å². The zero-order valence-corrected chi connectivity index (χ0v) is 19.9. The number of sulfonamides is 1. The van der Waals surface area contributed by atoms with E-state index in [4.69, 9.17) is 0 Å². The molecule has 3 aromatic rings. The molecule has 0 atom stereocenters. The summed E-state index contributed by atoms with van der Waals surface area (Å²) in [6.07, 6.45) is 0. The first-order valence-electron chi connectivity index (χ1n) is 10.3. The van der Waals surface area contributed by atoms with Gasteiger partial charge in [-0.1, -0.05) is 35.9 Å². The van der Waals surface area contributed by atoms with E-state index in [2.05, 4.69) is 0 Å². The van der Waals surface area contributed by atoms with Gasteiger partial charge in [0, 0.05) is 46.0 Å². The van der Waals surface area contributed by atoms with Gasteiger partial charge in [0.1, 0.15) is 0 Å². The van der Waals surface area contributed by atoms with Crippen LogP contribution in [0, 0.1) is 6.92 Å². The molecule has 0 aromatic heterocycles. The Hall–Kier alpha value is -3.32. The van der Waals surface area contributed by atoms with Crippen LogP contribution in [0.1, 0.15) is 21.5 Å². The Balaban J connectivity index is 1.79. The molecular formula is C25H29N3O3S. The van der Waals surface area contributed by atoms with E-state index in [1.165, 1.54) is 23.5 Å². The molecule has 0 unspecified atom stereocenters. The second kappa shape index (κ2) is 9.44. The zero-order valence-electron chi connectivity index (χ0n) is 19.1. The Kier molecular flexibility index (Phi) is 6.89. The molecule has 32 heavy (non-hydrogen) atoms. The smallest absolute Gasteiger partial charge is 0.264 e. The average molecular weight is 452 g/mol. The number of amides is 1. The highest BCUT2D eigenvalue weighted by Gasteiger charge is 2.23. The van der Waals surface area contributed by atoms with Crippen molar-refractivity contribution in [3.63, 3.8) is 0 Å². The molecule has 1 amide bonds. The van der Waals surface area contributed by atoms with Crippen molar-refractivity contribution in [3.05, 3.63) is 89.5 Å². The van der Waals surface area contributed by atoms with E-state index in [1.807, 2.05) is 62.3 Å². The Bertz CT molecular complexity index is 1190. The van der Waals surface area contributed by atoms with Crippen LogP contribution in [0.15, 0.2) is 77.7 Å². The number of anilines is 2. The van der Waals surface area contributed by atoms with Crippen molar-refractivity contribution in [2.75, 3.05) is 37.4 Å². The van der Waals surface area contributed by atoms with E-state index in [1.54, 1.807) is 36.2 Å². The van der Waals surface area contributed by atoms with E-state index < -0.39 is 10.0 Å². The van der Waals surface area contributed by atoms with E-state index in [0.717, 1.165) is 16.8 Å². The van der Waals surface area contributed by atoms with Gasteiger partial charge in [-0.05, 0) is 55.0 Å².